The van der Waals surface area contributed by atoms with Crippen LogP contribution in [-0.4, -0.2) is 58.1 Å². The Bertz CT molecular complexity index is 1420. The van der Waals surface area contributed by atoms with Crippen molar-refractivity contribution in [2.24, 2.45) is 0 Å². The summed E-state index contributed by atoms with van der Waals surface area (Å²) < 4.78 is 32.0. The maximum atomic E-state index is 13.8. The fourth-order valence-corrected chi connectivity index (χ4v) is 5.72. The molecule has 3 aromatic carbocycles. The van der Waals surface area contributed by atoms with Crippen LogP contribution >= 0.6 is 11.6 Å². The predicted octanol–water partition coefficient (Wildman–Crippen LogP) is 4.59. The maximum absolute atomic E-state index is 13.8. The lowest BCUT2D eigenvalue weighted by molar-refractivity contribution is -0.141. The van der Waals surface area contributed by atoms with E-state index < -0.39 is 16.1 Å². The van der Waals surface area contributed by atoms with Gasteiger partial charge in [-0.2, -0.15) is 0 Å². The average Bonchev–Trinajstić information content (AvgIpc) is 2.94. The second-order valence-corrected chi connectivity index (χ2v) is 11.8. The van der Waals surface area contributed by atoms with Crippen molar-refractivity contribution >= 4 is 39.1 Å². The Morgan fingerprint density at radius 1 is 1.00 bits per heavy atom. The largest absolute Gasteiger partial charge is 0.497 e. The summed E-state index contributed by atoms with van der Waals surface area (Å²) in [6.07, 6.45) is 1.75. The number of nitrogens with zero attached hydrogens (tertiary/aromatic N) is 2. The summed E-state index contributed by atoms with van der Waals surface area (Å²) in [5.74, 6) is 0.0983. The lowest BCUT2D eigenvalue weighted by atomic mass is 10.0. The Morgan fingerprint density at radius 2 is 1.68 bits per heavy atom. The topological polar surface area (TPSA) is 96.0 Å². The Morgan fingerprint density at radius 3 is 2.33 bits per heavy atom. The van der Waals surface area contributed by atoms with Crippen molar-refractivity contribution in [2.75, 3.05) is 31.3 Å². The van der Waals surface area contributed by atoms with E-state index in [9.17, 15) is 18.0 Å². The van der Waals surface area contributed by atoms with Gasteiger partial charge in [-0.25, -0.2) is 8.42 Å². The van der Waals surface area contributed by atoms with Crippen molar-refractivity contribution in [3.63, 3.8) is 0 Å². The van der Waals surface area contributed by atoms with Crippen molar-refractivity contribution in [1.29, 1.82) is 0 Å². The van der Waals surface area contributed by atoms with Crippen molar-refractivity contribution in [3.8, 4) is 5.75 Å². The number of amides is 2. The number of anilines is 1. The number of benzene rings is 3. The van der Waals surface area contributed by atoms with Gasteiger partial charge in [0.15, 0.2) is 0 Å². The number of halogens is 1. The van der Waals surface area contributed by atoms with Crippen LogP contribution < -0.4 is 14.4 Å². The van der Waals surface area contributed by atoms with Crippen molar-refractivity contribution in [3.05, 3.63) is 94.5 Å². The molecule has 10 heteroatoms. The van der Waals surface area contributed by atoms with Gasteiger partial charge in [0.05, 0.1) is 19.1 Å². The van der Waals surface area contributed by atoms with Crippen LogP contribution in [0.3, 0.4) is 0 Å². The molecule has 0 aromatic heterocycles. The molecule has 0 aliphatic carbocycles. The zero-order valence-electron chi connectivity index (χ0n) is 23.3. The van der Waals surface area contributed by atoms with Crippen LogP contribution in [0.1, 0.15) is 29.5 Å². The molecule has 0 saturated carbocycles. The summed E-state index contributed by atoms with van der Waals surface area (Å²) in [6, 6.07) is 21.2. The Balaban J connectivity index is 1.88. The van der Waals surface area contributed by atoms with Gasteiger partial charge in [-0.15, -0.1) is 0 Å². The van der Waals surface area contributed by atoms with Gasteiger partial charge in [0, 0.05) is 38.0 Å². The molecule has 0 aliphatic heterocycles. The molecule has 0 unspecified atom stereocenters. The minimum Gasteiger partial charge on any atom is -0.497 e. The van der Waals surface area contributed by atoms with E-state index in [0.717, 1.165) is 17.4 Å². The van der Waals surface area contributed by atoms with Crippen LogP contribution in [0.4, 0.5) is 5.69 Å². The standard InChI is InChI=1S/C30H36ClN3O5S/c1-22-26(31)15-9-16-27(22)34(40(4,37)38)18-10-17-29(35)33(21-24-13-8-14-25(19-24)39-3)28(30(36)32-2)20-23-11-6-5-7-12-23/h5-9,11-16,19,28H,10,17-18,20-21H2,1-4H3,(H,32,36)/t28-/m1/s1. The van der Waals surface area contributed by atoms with Crippen LogP contribution in [0.15, 0.2) is 72.8 Å². The summed E-state index contributed by atoms with van der Waals surface area (Å²) in [6.45, 7) is 2.03. The van der Waals surface area contributed by atoms with Gasteiger partial charge in [-0.1, -0.05) is 60.1 Å². The van der Waals surface area contributed by atoms with Gasteiger partial charge >= 0.3 is 0 Å². The molecule has 0 heterocycles. The van der Waals surface area contributed by atoms with Gasteiger partial charge < -0.3 is 15.0 Å². The second kappa shape index (κ2) is 14.2. The number of hydrogen-bond donors (Lipinski definition) is 1. The summed E-state index contributed by atoms with van der Waals surface area (Å²) in [5.41, 5.74) is 2.84. The third kappa shape index (κ3) is 8.22. The SMILES string of the molecule is CNC(=O)[C@@H](Cc1ccccc1)N(Cc1cccc(OC)c1)C(=O)CCCN(c1cccc(Cl)c1C)S(C)(=O)=O. The minimum atomic E-state index is -3.63. The smallest absolute Gasteiger partial charge is 0.242 e. The number of nitrogens with one attached hydrogen (secondary N) is 1. The highest BCUT2D eigenvalue weighted by atomic mass is 35.5. The first-order valence-electron chi connectivity index (χ1n) is 13.0. The monoisotopic (exact) mass is 585 g/mol. The number of carbonyl (C=O) groups is 2. The molecule has 0 fully saturated rings. The predicted molar refractivity (Wildman–Crippen MR) is 159 cm³/mol. The molecule has 0 aliphatic rings. The average molecular weight is 586 g/mol. The molecule has 0 bridgehead atoms. The molecule has 3 rings (SSSR count). The van der Waals surface area contributed by atoms with E-state index in [4.69, 9.17) is 16.3 Å². The number of methoxy groups -OCH3 is 1. The molecule has 3 aromatic rings. The molecule has 1 atom stereocenters. The minimum absolute atomic E-state index is 0.0396. The third-order valence-corrected chi connectivity index (χ3v) is 8.25. The summed E-state index contributed by atoms with van der Waals surface area (Å²) in [4.78, 5) is 28.4. The first-order chi connectivity index (χ1) is 19.0. The molecule has 8 nitrogen and oxygen atoms in total. The molecule has 1 N–H and O–H groups in total. The number of ether oxygens (including phenoxy) is 1. The number of carbonyl (C=O) groups excluding carboxylic acids is 2. The highest BCUT2D eigenvalue weighted by molar-refractivity contribution is 7.92. The van der Waals surface area contributed by atoms with Crippen molar-refractivity contribution in [1.82, 2.24) is 10.2 Å². The van der Waals surface area contributed by atoms with E-state index in [0.29, 0.717) is 28.4 Å². The number of likely N-dealkylation sites (N-methyl/N-ethyl adjacent to an activating group) is 1. The van der Waals surface area contributed by atoms with Crippen LogP contribution in [0.25, 0.3) is 0 Å². The molecule has 0 radical (unpaired) electrons. The molecule has 40 heavy (non-hydrogen) atoms. The van der Waals surface area contributed by atoms with Crippen LogP contribution in [-0.2, 0) is 32.6 Å². The Hall–Kier alpha value is -3.56. The van der Waals surface area contributed by atoms with E-state index in [1.807, 2.05) is 54.6 Å². The molecule has 0 spiro atoms. The van der Waals surface area contributed by atoms with Crippen LogP contribution in [0.2, 0.25) is 5.02 Å². The molecule has 214 valence electrons. The molecule has 0 saturated heterocycles. The fraction of sp³-hybridized carbons (Fsp3) is 0.333. The number of rotatable bonds is 13. The number of hydrogen-bond acceptors (Lipinski definition) is 5. The Kier molecular flexibility index (Phi) is 11.0. The van der Waals surface area contributed by atoms with E-state index in [2.05, 4.69) is 5.32 Å². The Labute approximate surface area is 241 Å². The summed E-state index contributed by atoms with van der Waals surface area (Å²) in [7, 11) is -0.517. The van der Waals surface area contributed by atoms with Crippen molar-refractivity contribution < 1.29 is 22.7 Å². The van der Waals surface area contributed by atoms with E-state index in [-0.39, 0.29) is 37.7 Å². The molecular weight excluding hydrogens is 550 g/mol. The van der Waals surface area contributed by atoms with Crippen LogP contribution in [0, 0.1) is 6.92 Å². The highest BCUT2D eigenvalue weighted by Gasteiger charge is 2.30. The van der Waals surface area contributed by atoms with E-state index >= 15 is 0 Å². The van der Waals surface area contributed by atoms with Crippen molar-refractivity contribution in [2.45, 2.75) is 38.8 Å². The lowest BCUT2D eigenvalue weighted by Crippen LogP contribution is -2.49. The quantitative estimate of drug-likeness (QED) is 0.317. The lowest BCUT2D eigenvalue weighted by Gasteiger charge is -2.32. The summed E-state index contributed by atoms with van der Waals surface area (Å²) in [5, 5.41) is 3.16. The van der Waals surface area contributed by atoms with Gasteiger partial charge in [0.2, 0.25) is 21.8 Å². The highest BCUT2D eigenvalue weighted by Crippen LogP contribution is 2.28. The molecule has 2 amide bonds. The second-order valence-electron chi connectivity index (χ2n) is 9.52. The van der Waals surface area contributed by atoms with Gasteiger partial charge in [-0.05, 0) is 54.3 Å². The normalized spacial score (nSPS) is 11.9. The maximum Gasteiger partial charge on any atom is 0.242 e. The zero-order chi connectivity index (χ0) is 29.3. The first kappa shape index (κ1) is 31.0. The van der Waals surface area contributed by atoms with Gasteiger partial charge in [0.25, 0.3) is 0 Å². The van der Waals surface area contributed by atoms with Crippen LogP contribution in [0.5, 0.6) is 5.75 Å². The van der Waals surface area contributed by atoms with Gasteiger partial charge in [0.1, 0.15) is 11.8 Å². The fourth-order valence-electron chi connectivity index (χ4n) is 4.54. The first-order valence-corrected chi connectivity index (χ1v) is 15.2. The zero-order valence-corrected chi connectivity index (χ0v) is 24.8. The van der Waals surface area contributed by atoms with Gasteiger partial charge in [-0.3, -0.25) is 13.9 Å². The number of sulfonamides is 1. The molecular formula is C30H36ClN3O5S. The van der Waals surface area contributed by atoms with E-state index in [1.165, 1.54) is 4.31 Å². The van der Waals surface area contributed by atoms with E-state index in [1.54, 1.807) is 44.2 Å². The summed E-state index contributed by atoms with van der Waals surface area (Å²) >= 11 is 6.25. The third-order valence-electron chi connectivity index (χ3n) is 6.66.